The average Bonchev–Trinajstić information content (AvgIpc) is 2.58. The summed E-state index contributed by atoms with van der Waals surface area (Å²) in [4.78, 5) is 36.5. The van der Waals surface area contributed by atoms with Crippen molar-refractivity contribution in [3.8, 4) is 5.82 Å². The van der Waals surface area contributed by atoms with Gasteiger partial charge in [0.15, 0.2) is 5.82 Å². The zero-order valence-corrected chi connectivity index (χ0v) is 14.8. The van der Waals surface area contributed by atoms with Crippen LogP contribution in [0, 0.1) is 0 Å². The molecule has 4 N–H and O–H groups in total. The van der Waals surface area contributed by atoms with Crippen molar-refractivity contribution < 1.29 is 9.90 Å². The summed E-state index contributed by atoms with van der Waals surface area (Å²) in [5.74, 6) is 0.353. The highest BCUT2D eigenvalue weighted by molar-refractivity contribution is 6.39. The van der Waals surface area contributed by atoms with E-state index in [-0.39, 0.29) is 38.4 Å². The molecule has 3 aromatic rings. The van der Waals surface area contributed by atoms with Crippen LogP contribution in [0.4, 0.5) is 10.6 Å². The number of aromatic nitrogens is 4. The van der Waals surface area contributed by atoms with Gasteiger partial charge in [0.1, 0.15) is 11.6 Å². The van der Waals surface area contributed by atoms with Gasteiger partial charge in [-0.25, -0.2) is 24.3 Å². The molecule has 0 aliphatic carbocycles. The lowest BCUT2D eigenvalue weighted by atomic mass is 10.2. The van der Waals surface area contributed by atoms with Gasteiger partial charge in [-0.2, -0.15) is 0 Å². The summed E-state index contributed by atoms with van der Waals surface area (Å²) >= 11 is 12.3. The third-order valence-electron chi connectivity index (χ3n) is 3.56. The molecule has 0 saturated carbocycles. The topological polar surface area (TPSA) is 136 Å². The molecule has 0 saturated heterocycles. The fourth-order valence-electron chi connectivity index (χ4n) is 2.44. The fraction of sp³-hybridized carbons (Fsp3) is 0.133. The number of anilines is 1. The number of hydrogen-bond acceptors (Lipinski definition) is 6. The predicted octanol–water partition coefficient (Wildman–Crippen LogP) is 2.39. The third kappa shape index (κ3) is 3.14. The molecule has 0 bridgehead atoms. The molecule has 1 amide bonds. The van der Waals surface area contributed by atoms with Crippen LogP contribution in [0.3, 0.4) is 0 Å². The van der Waals surface area contributed by atoms with Gasteiger partial charge < -0.3 is 16.2 Å². The Labute approximate surface area is 156 Å². The average molecular weight is 395 g/mol. The van der Waals surface area contributed by atoms with E-state index >= 15 is 0 Å². The number of nitrogens with two attached hydrogens (primary N) is 1. The smallest absolute Gasteiger partial charge is 0.405 e. The molecule has 134 valence electrons. The Morgan fingerprint density at radius 2 is 1.96 bits per heavy atom. The van der Waals surface area contributed by atoms with E-state index in [1.54, 1.807) is 0 Å². The molecule has 1 aromatic carbocycles. The van der Waals surface area contributed by atoms with Crippen LogP contribution in [0.25, 0.3) is 16.7 Å². The van der Waals surface area contributed by atoms with E-state index in [4.69, 9.17) is 34.0 Å². The maximum atomic E-state index is 13.1. The highest BCUT2D eigenvalue weighted by atomic mass is 35.5. The number of halogens is 2. The predicted molar refractivity (Wildman–Crippen MR) is 96.9 cm³/mol. The molecular weight excluding hydrogens is 383 g/mol. The van der Waals surface area contributed by atoms with Crippen LogP contribution in [0.1, 0.15) is 18.8 Å². The Morgan fingerprint density at radius 3 is 2.58 bits per heavy atom. The largest absolute Gasteiger partial charge is 0.465 e. The molecule has 26 heavy (non-hydrogen) atoms. The number of fused-ring (bicyclic) bond motifs is 1. The summed E-state index contributed by atoms with van der Waals surface area (Å²) in [6, 6.07) is 2.14. The van der Waals surface area contributed by atoms with Crippen molar-refractivity contribution >= 4 is 46.0 Å². The first-order valence-corrected chi connectivity index (χ1v) is 8.03. The van der Waals surface area contributed by atoms with Crippen molar-refractivity contribution in [3.05, 3.63) is 50.7 Å². The highest BCUT2D eigenvalue weighted by Crippen LogP contribution is 2.27. The lowest BCUT2D eigenvalue weighted by Crippen LogP contribution is -2.33. The first kappa shape index (κ1) is 17.9. The monoisotopic (exact) mass is 394 g/mol. The number of nitrogens with one attached hydrogen (secondary N) is 1. The zero-order valence-electron chi connectivity index (χ0n) is 13.3. The summed E-state index contributed by atoms with van der Waals surface area (Å²) in [6.45, 7) is 1.53. The normalized spacial score (nSPS) is 12.1. The van der Waals surface area contributed by atoms with Crippen LogP contribution in [-0.2, 0) is 0 Å². The van der Waals surface area contributed by atoms with Crippen molar-refractivity contribution in [2.24, 2.45) is 0 Å². The number of nitrogens with zero attached hydrogens (tertiary/aromatic N) is 4. The van der Waals surface area contributed by atoms with Gasteiger partial charge >= 0.3 is 6.09 Å². The zero-order chi connectivity index (χ0) is 19.0. The molecule has 1 atom stereocenters. The van der Waals surface area contributed by atoms with E-state index in [2.05, 4.69) is 20.3 Å². The van der Waals surface area contributed by atoms with Crippen LogP contribution in [0.5, 0.6) is 0 Å². The van der Waals surface area contributed by atoms with Crippen molar-refractivity contribution in [3.63, 3.8) is 0 Å². The Bertz CT molecular complexity index is 1070. The van der Waals surface area contributed by atoms with Gasteiger partial charge in [0, 0.05) is 0 Å². The van der Waals surface area contributed by atoms with Crippen molar-refractivity contribution in [1.29, 1.82) is 0 Å². The van der Waals surface area contributed by atoms with Crippen LogP contribution in [0.15, 0.2) is 29.3 Å². The molecule has 0 aliphatic heterocycles. The summed E-state index contributed by atoms with van der Waals surface area (Å²) in [5.41, 5.74) is 5.14. The maximum absolute atomic E-state index is 13.1. The van der Waals surface area contributed by atoms with E-state index < -0.39 is 17.7 Å². The molecule has 3 rings (SSSR count). The molecule has 0 spiro atoms. The van der Waals surface area contributed by atoms with Gasteiger partial charge in [0.05, 0.1) is 39.4 Å². The maximum Gasteiger partial charge on any atom is 0.405 e. The first-order chi connectivity index (χ1) is 12.3. The van der Waals surface area contributed by atoms with E-state index in [9.17, 15) is 9.59 Å². The fourth-order valence-corrected chi connectivity index (χ4v) is 2.88. The van der Waals surface area contributed by atoms with E-state index in [0.717, 1.165) is 4.57 Å². The van der Waals surface area contributed by atoms with E-state index in [1.165, 1.54) is 31.5 Å². The lowest BCUT2D eigenvalue weighted by Gasteiger charge is -2.18. The van der Waals surface area contributed by atoms with Gasteiger partial charge in [-0.05, 0) is 19.1 Å². The van der Waals surface area contributed by atoms with Crippen LogP contribution in [-0.4, -0.2) is 30.7 Å². The number of benzene rings is 1. The first-order valence-electron chi connectivity index (χ1n) is 7.27. The quantitative estimate of drug-likeness (QED) is 0.619. The number of nitrogen functional groups attached to an aromatic ring is 1. The number of rotatable bonds is 3. The van der Waals surface area contributed by atoms with Crippen molar-refractivity contribution in [1.82, 2.24) is 24.8 Å². The third-order valence-corrected chi connectivity index (χ3v) is 4.18. The van der Waals surface area contributed by atoms with E-state index in [0.29, 0.717) is 0 Å². The SMILES string of the molecule is CC(NC(=O)O)c1nc2c(Cl)ccc(Cl)c2c(=O)n1-c1cnc(N)cn1. The second-order valence-corrected chi connectivity index (χ2v) is 6.15. The Kier molecular flexibility index (Phi) is 4.66. The minimum absolute atomic E-state index is 0.0770. The highest BCUT2D eigenvalue weighted by Gasteiger charge is 2.22. The van der Waals surface area contributed by atoms with Gasteiger partial charge in [0.25, 0.3) is 5.56 Å². The minimum Gasteiger partial charge on any atom is -0.465 e. The second kappa shape index (κ2) is 6.77. The second-order valence-electron chi connectivity index (χ2n) is 5.33. The standard InChI is InChI=1S/C15H12Cl2N6O3/c1-6(21-15(25)26)13-22-12-8(17)3-2-7(16)11(12)14(24)23(13)10-5-19-9(18)4-20-10/h2-6,21H,1H3,(H2,18,19)(H,25,26). The lowest BCUT2D eigenvalue weighted by molar-refractivity contribution is 0.190. The molecule has 2 aromatic heterocycles. The minimum atomic E-state index is -1.28. The molecule has 2 heterocycles. The van der Waals surface area contributed by atoms with Gasteiger partial charge in [-0.3, -0.25) is 4.79 Å². The van der Waals surface area contributed by atoms with Gasteiger partial charge in [-0.1, -0.05) is 23.2 Å². The number of hydrogen-bond donors (Lipinski definition) is 3. The molecule has 1 unspecified atom stereocenters. The molecule has 9 nitrogen and oxygen atoms in total. The Morgan fingerprint density at radius 1 is 1.27 bits per heavy atom. The van der Waals surface area contributed by atoms with Crippen molar-refractivity contribution in [2.75, 3.05) is 5.73 Å². The van der Waals surface area contributed by atoms with E-state index in [1.807, 2.05) is 0 Å². The van der Waals surface area contributed by atoms with Crippen LogP contribution < -0.4 is 16.6 Å². The summed E-state index contributed by atoms with van der Waals surface area (Å²) in [6.07, 6.45) is 1.27. The van der Waals surface area contributed by atoms with Gasteiger partial charge in [-0.15, -0.1) is 0 Å². The number of carbonyl (C=O) groups is 1. The molecular formula is C15H12Cl2N6O3. The van der Waals surface area contributed by atoms with Crippen LogP contribution >= 0.6 is 23.2 Å². The van der Waals surface area contributed by atoms with Gasteiger partial charge in [0.2, 0.25) is 0 Å². The summed E-state index contributed by atoms with van der Waals surface area (Å²) in [5, 5.41) is 11.7. The Balaban J connectivity index is 2.40. The molecule has 0 radical (unpaired) electrons. The molecule has 0 aliphatic rings. The summed E-state index contributed by atoms with van der Waals surface area (Å²) < 4.78 is 1.12. The molecule has 11 heteroatoms. The summed E-state index contributed by atoms with van der Waals surface area (Å²) in [7, 11) is 0. The number of carboxylic acid groups (broad SMARTS) is 1. The molecule has 0 fully saturated rings. The van der Waals surface area contributed by atoms with Crippen LogP contribution in [0.2, 0.25) is 10.0 Å². The van der Waals surface area contributed by atoms with Crippen molar-refractivity contribution in [2.45, 2.75) is 13.0 Å². The number of amides is 1. The Hall–Kier alpha value is -2.91.